The number of aromatic nitrogens is 1. The number of hydrogen-bond acceptors (Lipinski definition) is 4. The molecule has 0 saturated carbocycles. The Morgan fingerprint density at radius 1 is 1.13 bits per heavy atom. The summed E-state index contributed by atoms with van der Waals surface area (Å²) in [5.74, 6) is -1.30. The molecule has 3 aromatic rings. The van der Waals surface area contributed by atoms with Crippen molar-refractivity contribution in [1.29, 1.82) is 0 Å². The van der Waals surface area contributed by atoms with Crippen molar-refractivity contribution in [3.05, 3.63) is 93.1 Å². The lowest BCUT2D eigenvalue weighted by atomic mass is 10.1. The highest BCUT2D eigenvalue weighted by Crippen LogP contribution is 2.24. The fourth-order valence-corrected chi connectivity index (χ4v) is 3.09. The summed E-state index contributed by atoms with van der Waals surface area (Å²) in [5, 5.41) is 12.7. The van der Waals surface area contributed by atoms with Gasteiger partial charge in [0.25, 0.3) is 5.91 Å². The molecule has 2 aromatic carbocycles. The summed E-state index contributed by atoms with van der Waals surface area (Å²) in [7, 11) is 0. The zero-order valence-electron chi connectivity index (χ0n) is 15.9. The van der Waals surface area contributed by atoms with E-state index in [2.05, 4.69) is 10.3 Å². The average Bonchev–Trinajstić information content (AvgIpc) is 2.73. The van der Waals surface area contributed by atoms with Gasteiger partial charge in [-0.1, -0.05) is 53.5 Å². The van der Waals surface area contributed by atoms with Gasteiger partial charge >= 0.3 is 5.97 Å². The summed E-state index contributed by atoms with van der Waals surface area (Å²) in [4.78, 5) is 28.0. The Morgan fingerprint density at radius 3 is 2.50 bits per heavy atom. The first-order valence-corrected chi connectivity index (χ1v) is 9.76. The molecular weight excluding hydrogens is 427 g/mol. The predicted octanol–water partition coefficient (Wildman–Crippen LogP) is 5.16. The molecule has 0 aliphatic heterocycles. The normalized spacial score (nSPS) is 11.6. The van der Waals surface area contributed by atoms with Crippen LogP contribution in [0.5, 0.6) is 5.88 Å². The Balaban J connectivity index is 1.75. The van der Waals surface area contributed by atoms with E-state index in [4.69, 9.17) is 33.0 Å². The number of nitrogens with one attached hydrogen (secondary N) is 1. The second kappa shape index (κ2) is 9.61. The van der Waals surface area contributed by atoms with Crippen molar-refractivity contribution < 1.29 is 19.4 Å². The summed E-state index contributed by atoms with van der Waals surface area (Å²) >= 11 is 12.2. The van der Waals surface area contributed by atoms with E-state index in [1.807, 2.05) is 18.2 Å². The number of hydrogen-bond donors (Lipinski definition) is 2. The summed E-state index contributed by atoms with van der Waals surface area (Å²) in [6.07, 6.45) is 1.40. The fourth-order valence-electron chi connectivity index (χ4n) is 2.74. The fraction of sp³-hybridized carbons (Fsp3) is 0.136. The quantitative estimate of drug-likeness (QED) is 0.525. The first kappa shape index (κ1) is 21.6. The first-order valence-electron chi connectivity index (χ1n) is 9.01. The van der Waals surface area contributed by atoms with Gasteiger partial charge in [-0.2, -0.15) is 0 Å². The Labute approximate surface area is 183 Å². The molecule has 154 valence electrons. The van der Waals surface area contributed by atoms with Crippen LogP contribution in [0.3, 0.4) is 0 Å². The maximum absolute atomic E-state index is 12.8. The second-order valence-corrected chi connectivity index (χ2v) is 7.35. The van der Waals surface area contributed by atoms with Crippen LogP contribution in [-0.2, 0) is 6.61 Å². The highest BCUT2D eigenvalue weighted by atomic mass is 35.5. The molecule has 30 heavy (non-hydrogen) atoms. The lowest BCUT2D eigenvalue weighted by Crippen LogP contribution is -2.27. The van der Waals surface area contributed by atoms with E-state index in [-0.39, 0.29) is 29.7 Å². The van der Waals surface area contributed by atoms with Gasteiger partial charge in [0.2, 0.25) is 5.88 Å². The van der Waals surface area contributed by atoms with Gasteiger partial charge in [0.1, 0.15) is 12.2 Å². The largest absolute Gasteiger partial charge is 0.478 e. The number of carboxylic acids is 1. The molecule has 1 aromatic heterocycles. The standard InChI is InChI=1S/C22H18Cl2N2O4/c1-13(14-6-8-15(9-7-14)22(28)29)26-20(27)18-10-17(23)11-25-21(18)30-12-16-4-2-3-5-19(16)24/h2-11,13H,12H2,1H3,(H,26,27)(H,28,29). The summed E-state index contributed by atoms with van der Waals surface area (Å²) < 4.78 is 5.73. The maximum atomic E-state index is 12.8. The summed E-state index contributed by atoms with van der Waals surface area (Å²) in [6, 6.07) is 14.6. The van der Waals surface area contributed by atoms with E-state index in [0.29, 0.717) is 10.0 Å². The topological polar surface area (TPSA) is 88.5 Å². The van der Waals surface area contributed by atoms with Crippen molar-refractivity contribution in [3.8, 4) is 5.88 Å². The Bertz CT molecular complexity index is 1070. The number of carbonyl (C=O) groups excluding carboxylic acids is 1. The molecule has 3 rings (SSSR count). The Morgan fingerprint density at radius 2 is 1.83 bits per heavy atom. The molecule has 1 amide bonds. The number of halogens is 2. The number of amides is 1. The van der Waals surface area contributed by atoms with E-state index in [1.54, 1.807) is 25.1 Å². The molecule has 0 saturated heterocycles. The Kier molecular flexibility index (Phi) is 6.92. The zero-order valence-corrected chi connectivity index (χ0v) is 17.4. The Hall–Kier alpha value is -3.09. The van der Waals surface area contributed by atoms with E-state index < -0.39 is 11.9 Å². The van der Waals surface area contributed by atoms with Crippen LogP contribution in [0.25, 0.3) is 0 Å². The number of nitrogens with zero attached hydrogens (tertiary/aromatic N) is 1. The molecule has 0 fully saturated rings. The van der Waals surface area contributed by atoms with Crippen molar-refractivity contribution in [2.24, 2.45) is 0 Å². The van der Waals surface area contributed by atoms with Crippen molar-refractivity contribution in [2.75, 3.05) is 0 Å². The van der Waals surface area contributed by atoms with Gasteiger partial charge in [-0.15, -0.1) is 0 Å². The number of rotatable bonds is 7. The van der Waals surface area contributed by atoms with Crippen molar-refractivity contribution in [3.63, 3.8) is 0 Å². The highest BCUT2D eigenvalue weighted by Gasteiger charge is 2.18. The third kappa shape index (κ3) is 5.28. The van der Waals surface area contributed by atoms with Crippen LogP contribution in [0.1, 0.15) is 44.8 Å². The number of carbonyl (C=O) groups is 2. The molecule has 0 aliphatic carbocycles. The number of benzene rings is 2. The molecule has 0 bridgehead atoms. The third-order valence-electron chi connectivity index (χ3n) is 4.39. The lowest BCUT2D eigenvalue weighted by Gasteiger charge is -2.16. The number of carboxylic acid groups (broad SMARTS) is 1. The molecule has 1 unspecified atom stereocenters. The number of ether oxygens (including phenoxy) is 1. The monoisotopic (exact) mass is 444 g/mol. The molecule has 2 N–H and O–H groups in total. The van der Waals surface area contributed by atoms with Gasteiger partial charge < -0.3 is 15.2 Å². The predicted molar refractivity (Wildman–Crippen MR) is 114 cm³/mol. The van der Waals surface area contributed by atoms with Crippen LogP contribution < -0.4 is 10.1 Å². The lowest BCUT2D eigenvalue weighted by molar-refractivity contribution is 0.0696. The molecule has 6 nitrogen and oxygen atoms in total. The van der Waals surface area contributed by atoms with Crippen molar-refractivity contribution in [2.45, 2.75) is 19.6 Å². The maximum Gasteiger partial charge on any atom is 0.335 e. The number of aromatic carboxylic acids is 1. The van der Waals surface area contributed by atoms with Crippen LogP contribution in [-0.4, -0.2) is 22.0 Å². The smallest absolute Gasteiger partial charge is 0.335 e. The van der Waals surface area contributed by atoms with Gasteiger partial charge in [-0.05, 0) is 36.8 Å². The van der Waals surface area contributed by atoms with Gasteiger partial charge in [0.05, 0.1) is 16.6 Å². The van der Waals surface area contributed by atoms with E-state index in [1.165, 1.54) is 24.4 Å². The first-order chi connectivity index (χ1) is 14.3. The zero-order chi connectivity index (χ0) is 21.7. The van der Waals surface area contributed by atoms with Crippen LogP contribution in [0.2, 0.25) is 10.0 Å². The molecular formula is C22H18Cl2N2O4. The summed E-state index contributed by atoms with van der Waals surface area (Å²) in [6.45, 7) is 1.93. The van der Waals surface area contributed by atoms with E-state index >= 15 is 0 Å². The minimum Gasteiger partial charge on any atom is -0.478 e. The highest BCUT2D eigenvalue weighted by molar-refractivity contribution is 6.31. The molecule has 1 heterocycles. The van der Waals surface area contributed by atoms with Crippen molar-refractivity contribution in [1.82, 2.24) is 10.3 Å². The average molecular weight is 445 g/mol. The minimum atomic E-state index is -1.01. The third-order valence-corrected chi connectivity index (χ3v) is 4.97. The van der Waals surface area contributed by atoms with E-state index in [9.17, 15) is 9.59 Å². The van der Waals surface area contributed by atoms with Crippen LogP contribution >= 0.6 is 23.2 Å². The molecule has 0 aliphatic rings. The number of pyridine rings is 1. The SMILES string of the molecule is CC(NC(=O)c1cc(Cl)cnc1OCc1ccccc1Cl)c1ccc(C(=O)O)cc1. The summed E-state index contributed by atoms with van der Waals surface area (Å²) in [5.41, 5.74) is 1.87. The van der Waals surface area contributed by atoms with Crippen LogP contribution in [0, 0.1) is 0 Å². The molecule has 1 atom stereocenters. The molecule has 0 spiro atoms. The minimum absolute atomic E-state index is 0.130. The van der Waals surface area contributed by atoms with Crippen LogP contribution in [0.15, 0.2) is 60.8 Å². The van der Waals surface area contributed by atoms with Gasteiger partial charge in [0, 0.05) is 16.8 Å². The molecule has 0 radical (unpaired) electrons. The van der Waals surface area contributed by atoms with Crippen molar-refractivity contribution >= 4 is 35.1 Å². The van der Waals surface area contributed by atoms with Gasteiger partial charge in [0.15, 0.2) is 0 Å². The van der Waals surface area contributed by atoms with Crippen LogP contribution in [0.4, 0.5) is 0 Å². The van der Waals surface area contributed by atoms with Gasteiger partial charge in [-0.25, -0.2) is 9.78 Å². The second-order valence-electron chi connectivity index (χ2n) is 6.51. The molecule has 8 heteroatoms. The van der Waals surface area contributed by atoms with Gasteiger partial charge in [-0.3, -0.25) is 4.79 Å². The van der Waals surface area contributed by atoms with E-state index in [0.717, 1.165) is 11.1 Å².